The summed E-state index contributed by atoms with van der Waals surface area (Å²) < 4.78 is 10.7. The molecule has 1 heterocycles. The first-order chi connectivity index (χ1) is 24.7. The van der Waals surface area contributed by atoms with Crippen LogP contribution in [-0.4, -0.2) is 53.1 Å². The van der Waals surface area contributed by atoms with Gasteiger partial charge in [0.2, 0.25) is 0 Å². The molecule has 51 heavy (non-hydrogen) atoms. The van der Waals surface area contributed by atoms with Crippen molar-refractivity contribution in [2.45, 2.75) is 11.8 Å². The highest BCUT2D eigenvalue weighted by Crippen LogP contribution is 2.61. The second-order valence-corrected chi connectivity index (χ2v) is 13.1. The number of esters is 1. The number of hydrazine groups is 1. The molecule has 4 aliphatic rings. The molecule has 9 nitrogen and oxygen atoms in total. The molecule has 0 spiro atoms. The van der Waals surface area contributed by atoms with E-state index in [2.05, 4.69) is 0 Å². The molecule has 3 aliphatic carbocycles. The summed E-state index contributed by atoms with van der Waals surface area (Å²) in [6.07, 6.45) is 0. The third-order valence-electron chi connectivity index (χ3n) is 9.98. The normalized spacial score (nSPS) is 19.5. The average Bonchev–Trinajstić information content (AvgIpc) is 3.43. The Morgan fingerprint density at radius 2 is 1.18 bits per heavy atom. The second kappa shape index (κ2) is 12.7. The molecule has 0 unspecified atom stereocenters. The van der Waals surface area contributed by atoms with Gasteiger partial charge in [-0.15, -0.1) is 0 Å². The number of hydrogen-bond acceptors (Lipinski definition) is 7. The van der Waals surface area contributed by atoms with Gasteiger partial charge in [0.1, 0.15) is 18.0 Å². The molecular weight excluding hydrogens is 668 g/mol. The number of hydrogen-bond donors (Lipinski definition) is 0. The quantitative estimate of drug-likeness (QED) is 0.0769. The van der Waals surface area contributed by atoms with E-state index in [0.717, 1.165) is 32.3 Å². The lowest BCUT2D eigenvalue weighted by Gasteiger charge is -2.45. The van der Waals surface area contributed by atoms with Gasteiger partial charge in [-0.05, 0) is 89.0 Å². The van der Waals surface area contributed by atoms with E-state index in [9.17, 15) is 24.0 Å². The van der Waals surface area contributed by atoms with E-state index in [0.29, 0.717) is 10.8 Å². The van der Waals surface area contributed by atoms with Gasteiger partial charge in [0.05, 0.1) is 24.5 Å². The van der Waals surface area contributed by atoms with Gasteiger partial charge >= 0.3 is 5.97 Å². The van der Waals surface area contributed by atoms with E-state index in [-0.39, 0.29) is 34.3 Å². The lowest BCUT2D eigenvalue weighted by molar-refractivity contribution is -0.154. The first-order valence-electron chi connectivity index (χ1n) is 16.4. The van der Waals surface area contributed by atoms with Gasteiger partial charge in [-0.2, -0.15) is 5.01 Å². The fourth-order valence-electron chi connectivity index (χ4n) is 7.73. The number of carbonyl (C=O) groups is 5. The number of amides is 3. The average molecular weight is 697 g/mol. The summed E-state index contributed by atoms with van der Waals surface area (Å²) in [5.41, 5.74) is 4.58. The Kier molecular flexibility index (Phi) is 8.00. The number of nitrogens with zero attached hydrogens (tertiary/aromatic N) is 2. The summed E-state index contributed by atoms with van der Waals surface area (Å²) in [7, 11) is 1.49. The van der Waals surface area contributed by atoms with Crippen LogP contribution in [-0.2, 0) is 9.59 Å². The third-order valence-corrected chi connectivity index (χ3v) is 10.2. The van der Waals surface area contributed by atoms with Crippen molar-refractivity contribution in [1.29, 1.82) is 0 Å². The Balaban J connectivity index is 1.10. The molecule has 9 rings (SSSR count). The minimum absolute atomic E-state index is 0.150. The number of Topliss-reactive ketones (excluding diaryl/α,β-unsaturated/α-hetero) is 1. The van der Waals surface area contributed by atoms with Crippen LogP contribution in [0.1, 0.15) is 65.2 Å². The van der Waals surface area contributed by atoms with Crippen LogP contribution < -0.4 is 9.47 Å². The molecule has 1 fully saturated rings. The SMILES string of the molecule is COc1cccc(C(=O)Oc2ccc(C(=O)CN(C(=O)c3ccc(Cl)cc3)N3C(=O)[C@@H]4C5c6ccccc6C(c6ccccc65)[C@@H]4C3=O)cc2)c1. The van der Waals surface area contributed by atoms with Crippen LogP contribution in [0.3, 0.4) is 0 Å². The van der Waals surface area contributed by atoms with E-state index >= 15 is 0 Å². The van der Waals surface area contributed by atoms with Crippen LogP contribution in [0.15, 0.2) is 121 Å². The van der Waals surface area contributed by atoms with Crippen molar-refractivity contribution >= 4 is 41.1 Å². The van der Waals surface area contributed by atoms with Crippen molar-refractivity contribution in [3.8, 4) is 11.5 Å². The summed E-state index contributed by atoms with van der Waals surface area (Å²) in [4.78, 5) is 69.9. The Morgan fingerprint density at radius 3 is 1.71 bits per heavy atom. The molecule has 5 aromatic rings. The van der Waals surface area contributed by atoms with Gasteiger partial charge < -0.3 is 9.47 Å². The van der Waals surface area contributed by atoms with Gasteiger partial charge in [-0.1, -0.05) is 66.2 Å². The van der Waals surface area contributed by atoms with Crippen molar-refractivity contribution in [2.75, 3.05) is 13.7 Å². The number of rotatable bonds is 8. The summed E-state index contributed by atoms with van der Waals surface area (Å²) in [5, 5.41) is 2.25. The summed E-state index contributed by atoms with van der Waals surface area (Å²) >= 11 is 6.10. The molecule has 252 valence electrons. The maximum absolute atomic E-state index is 14.5. The number of methoxy groups -OCH3 is 1. The summed E-state index contributed by atoms with van der Waals surface area (Å²) in [6.45, 7) is -0.601. The summed E-state index contributed by atoms with van der Waals surface area (Å²) in [6, 6.07) is 34.1. The van der Waals surface area contributed by atoms with Crippen molar-refractivity contribution in [3.05, 3.63) is 165 Å². The van der Waals surface area contributed by atoms with Gasteiger partial charge in [0, 0.05) is 28.0 Å². The molecule has 10 heteroatoms. The zero-order valence-electron chi connectivity index (χ0n) is 27.2. The number of ketones is 1. The first kappa shape index (κ1) is 32.2. The van der Waals surface area contributed by atoms with Crippen LogP contribution in [0.4, 0.5) is 0 Å². The van der Waals surface area contributed by atoms with Crippen molar-refractivity contribution in [2.24, 2.45) is 11.8 Å². The van der Waals surface area contributed by atoms with Crippen LogP contribution in [0, 0.1) is 11.8 Å². The molecule has 5 aromatic carbocycles. The van der Waals surface area contributed by atoms with Gasteiger partial charge in [-0.25, -0.2) is 9.80 Å². The fraction of sp³-hybridized carbons (Fsp3) is 0.146. The van der Waals surface area contributed by atoms with E-state index < -0.39 is 47.9 Å². The predicted molar refractivity (Wildman–Crippen MR) is 187 cm³/mol. The second-order valence-electron chi connectivity index (χ2n) is 12.7. The lowest BCUT2D eigenvalue weighted by atomic mass is 9.55. The fourth-order valence-corrected chi connectivity index (χ4v) is 7.85. The van der Waals surface area contributed by atoms with Crippen molar-refractivity contribution < 1.29 is 33.4 Å². The van der Waals surface area contributed by atoms with E-state index in [4.69, 9.17) is 21.1 Å². The molecule has 0 radical (unpaired) electrons. The molecular formula is C41H29ClN2O7. The standard InChI is InChI=1S/C41H29ClN2O7/c1-50-28-8-6-7-25(21-28)41(49)51-27-19-15-23(16-20-27)33(45)22-43(38(46)24-13-17-26(42)18-14-24)44-39(47)36-34-29-9-2-3-10-30(29)35(37(36)40(44)48)32-12-5-4-11-31(32)34/h2-21,34-37H,22H2,1H3/t34?,35?,36-,37+. The minimum atomic E-state index is -0.749. The lowest BCUT2D eigenvalue weighted by Crippen LogP contribution is -2.52. The van der Waals surface area contributed by atoms with E-state index in [1.807, 2.05) is 48.5 Å². The van der Waals surface area contributed by atoms with E-state index in [1.165, 1.54) is 55.6 Å². The highest BCUT2D eigenvalue weighted by molar-refractivity contribution is 6.30. The number of imide groups is 1. The molecule has 0 N–H and O–H groups in total. The predicted octanol–water partition coefficient (Wildman–Crippen LogP) is 6.70. The largest absolute Gasteiger partial charge is 0.497 e. The van der Waals surface area contributed by atoms with Crippen LogP contribution in [0.5, 0.6) is 11.5 Å². The van der Waals surface area contributed by atoms with Crippen LogP contribution >= 0.6 is 11.6 Å². The maximum atomic E-state index is 14.5. The molecule has 1 aliphatic heterocycles. The zero-order chi connectivity index (χ0) is 35.4. The Morgan fingerprint density at radius 1 is 0.647 bits per heavy atom. The van der Waals surface area contributed by atoms with Gasteiger partial charge in [0.15, 0.2) is 5.78 Å². The minimum Gasteiger partial charge on any atom is -0.497 e. The van der Waals surface area contributed by atoms with Crippen molar-refractivity contribution in [3.63, 3.8) is 0 Å². The Labute approximate surface area is 297 Å². The van der Waals surface area contributed by atoms with Crippen LogP contribution in [0.2, 0.25) is 5.02 Å². The molecule has 1 saturated heterocycles. The summed E-state index contributed by atoms with van der Waals surface area (Å²) in [5.74, 6) is -4.48. The zero-order valence-corrected chi connectivity index (χ0v) is 27.9. The molecule has 2 bridgehead atoms. The first-order valence-corrected chi connectivity index (χ1v) is 16.7. The van der Waals surface area contributed by atoms with Gasteiger partial charge in [-0.3, -0.25) is 19.2 Å². The molecule has 3 amide bonds. The van der Waals surface area contributed by atoms with Crippen LogP contribution in [0.25, 0.3) is 0 Å². The molecule has 0 saturated carbocycles. The number of benzene rings is 5. The highest BCUT2D eigenvalue weighted by atomic mass is 35.5. The van der Waals surface area contributed by atoms with E-state index in [1.54, 1.807) is 24.3 Å². The van der Waals surface area contributed by atoms with Gasteiger partial charge in [0.25, 0.3) is 17.7 Å². The number of halogens is 1. The smallest absolute Gasteiger partial charge is 0.343 e. The molecule has 2 atom stereocenters. The monoisotopic (exact) mass is 696 g/mol. The Bertz CT molecular complexity index is 2140. The molecule has 0 aromatic heterocycles. The topological polar surface area (TPSA) is 110 Å². The number of ether oxygens (including phenoxy) is 2. The van der Waals surface area contributed by atoms with Crippen molar-refractivity contribution in [1.82, 2.24) is 10.0 Å². The number of carbonyl (C=O) groups excluding carboxylic acids is 5. The maximum Gasteiger partial charge on any atom is 0.343 e. The Hall–Kier alpha value is -6.06. The third kappa shape index (κ3) is 5.37. The highest BCUT2D eigenvalue weighted by Gasteiger charge is 2.63.